The van der Waals surface area contributed by atoms with Crippen molar-refractivity contribution in [3.05, 3.63) is 29.8 Å². The molecule has 0 bridgehead atoms. The molecule has 1 fully saturated rings. The van der Waals surface area contributed by atoms with Crippen LogP contribution >= 0.6 is 11.8 Å². The summed E-state index contributed by atoms with van der Waals surface area (Å²) < 4.78 is 0. The van der Waals surface area contributed by atoms with E-state index in [-0.39, 0.29) is 0 Å². The highest BCUT2D eigenvalue weighted by atomic mass is 32.2. The Morgan fingerprint density at radius 1 is 1.38 bits per heavy atom. The van der Waals surface area contributed by atoms with Crippen LogP contribution in [0.3, 0.4) is 0 Å². The van der Waals surface area contributed by atoms with E-state index in [1.54, 1.807) is 18.2 Å². The van der Waals surface area contributed by atoms with E-state index in [9.17, 15) is 4.79 Å². The molecule has 16 heavy (non-hydrogen) atoms. The number of nitrogens with one attached hydrogen (secondary N) is 1. The van der Waals surface area contributed by atoms with Crippen molar-refractivity contribution in [1.29, 1.82) is 0 Å². The Labute approximate surface area is 99.2 Å². The molecule has 0 saturated carbocycles. The van der Waals surface area contributed by atoms with E-state index in [1.165, 1.54) is 11.5 Å². The van der Waals surface area contributed by atoms with Crippen LogP contribution < -0.4 is 5.32 Å². The van der Waals surface area contributed by atoms with Crippen LogP contribution in [-0.4, -0.2) is 28.6 Å². The van der Waals surface area contributed by atoms with Gasteiger partial charge in [0.2, 0.25) is 0 Å². The topological polar surface area (TPSA) is 49.3 Å². The van der Waals surface area contributed by atoms with E-state index in [2.05, 4.69) is 5.32 Å². The van der Waals surface area contributed by atoms with Gasteiger partial charge in [-0.2, -0.15) is 11.8 Å². The van der Waals surface area contributed by atoms with Crippen LogP contribution in [0.5, 0.6) is 0 Å². The standard InChI is InChI=1S/C12H15NO2S/c14-12(15)9-2-1-3-11(8-9)13-10-4-6-16-7-5-10/h1-3,8,10,13H,4-7H2,(H,14,15). The molecule has 3 nitrogen and oxygen atoms in total. The number of rotatable bonds is 3. The van der Waals surface area contributed by atoms with Crippen molar-refractivity contribution in [2.24, 2.45) is 0 Å². The third kappa shape index (κ3) is 2.92. The number of hydrogen-bond acceptors (Lipinski definition) is 3. The van der Waals surface area contributed by atoms with E-state index >= 15 is 0 Å². The quantitative estimate of drug-likeness (QED) is 0.848. The summed E-state index contributed by atoms with van der Waals surface area (Å²) in [5.74, 6) is 1.51. The van der Waals surface area contributed by atoms with Crippen LogP contribution in [0.15, 0.2) is 24.3 Å². The molecule has 0 spiro atoms. The lowest BCUT2D eigenvalue weighted by Crippen LogP contribution is -2.24. The van der Waals surface area contributed by atoms with Gasteiger partial charge in [-0.15, -0.1) is 0 Å². The molecule has 0 unspecified atom stereocenters. The molecule has 0 atom stereocenters. The summed E-state index contributed by atoms with van der Waals surface area (Å²) in [6, 6.07) is 7.51. The van der Waals surface area contributed by atoms with Gasteiger partial charge >= 0.3 is 5.97 Å². The van der Waals surface area contributed by atoms with Crippen molar-refractivity contribution in [3.8, 4) is 0 Å². The summed E-state index contributed by atoms with van der Waals surface area (Å²) in [5, 5.41) is 12.3. The van der Waals surface area contributed by atoms with Crippen LogP contribution in [0.2, 0.25) is 0 Å². The van der Waals surface area contributed by atoms with E-state index in [4.69, 9.17) is 5.11 Å². The Kier molecular flexibility index (Phi) is 3.72. The average Bonchev–Trinajstić information content (AvgIpc) is 2.30. The number of aromatic carboxylic acids is 1. The molecular formula is C12H15NO2S. The zero-order valence-electron chi connectivity index (χ0n) is 8.98. The van der Waals surface area contributed by atoms with E-state index in [1.807, 2.05) is 17.8 Å². The molecule has 1 aromatic rings. The third-order valence-corrected chi connectivity index (χ3v) is 3.75. The van der Waals surface area contributed by atoms with Gasteiger partial charge in [-0.3, -0.25) is 0 Å². The van der Waals surface area contributed by atoms with Crippen molar-refractivity contribution < 1.29 is 9.90 Å². The Balaban J connectivity index is 2.02. The molecule has 86 valence electrons. The molecule has 0 radical (unpaired) electrons. The van der Waals surface area contributed by atoms with Gasteiger partial charge in [0.05, 0.1) is 5.56 Å². The highest BCUT2D eigenvalue weighted by Crippen LogP contribution is 2.21. The molecule has 0 aromatic heterocycles. The van der Waals surface area contributed by atoms with Crippen LogP contribution in [0.1, 0.15) is 23.2 Å². The number of carbonyl (C=O) groups is 1. The summed E-state index contributed by atoms with van der Waals surface area (Å²) in [6.45, 7) is 0. The number of hydrogen-bond donors (Lipinski definition) is 2. The van der Waals surface area contributed by atoms with Crippen LogP contribution in [0, 0.1) is 0 Å². The van der Waals surface area contributed by atoms with E-state index < -0.39 is 5.97 Å². The monoisotopic (exact) mass is 237 g/mol. The summed E-state index contributed by atoms with van der Waals surface area (Å²) in [5.41, 5.74) is 1.26. The second-order valence-electron chi connectivity index (χ2n) is 3.92. The summed E-state index contributed by atoms with van der Waals surface area (Å²) in [4.78, 5) is 10.8. The second-order valence-corrected chi connectivity index (χ2v) is 5.14. The summed E-state index contributed by atoms with van der Waals surface area (Å²) >= 11 is 1.98. The van der Waals surface area contributed by atoms with Crippen molar-refractivity contribution in [2.75, 3.05) is 16.8 Å². The highest BCUT2D eigenvalue weighted by molar-refractivity contribution is 7.99. The lowest BCUT2D eigenvalue weighted by Gasteiger charge is -2.23. The van der Waals surface area contributed by atoms with E-state index in [0.29, 0.717) is 11.6 Å². The largest absolute Gasteiger partial charge is 0.478 e. The SMILES string of the molecule is O=C(O)c1cccc(NC2CCSCC2)c1. The molecular weight excluding hydrogens is 222 g/mol. The fourth-order valence-electron chi connectivity index (χ4n) is 1.82. The number of benzene rings is 1. The van der Waals surface area contributed by atoms with Crippen molar-refractivity contribution in [3.63, 3.8) is 0 Å². The number of thioether (sulfide) groups is 1. The third-order valence-electron chi connectivity index (χ3n) is 2.70. The Bertz CT molecular complexity index is 375. The first-order chi connectivity index (χ1) is 7.75. The van der Waals surface area contributed by atoms with Crippen molar-refractivity contribution in [1.82, 2.24) is 0 Å². The molecule has 1 saturated heterocycles. The fraction of sp³-hybridized carbons (Fsp3) is 0.417. The second kappa shape index (κ2) is 5.25. The summed E-state index contributed by atoms with van der Waals surface area (Å²) in [7, 11) is 0. The maximum absolute atomic E-state index is 10.8. The Morgan fingerprint density at radius 3 is 2.81 bits per heavy atom. The summed E-state index contributed by atoms with van der Waals surface area (Å²) in [6.07, 6.45) is 2.31. The number of carboxylic acid groups (broad SMARTS) is 1. The zero-order valence-corrected chi connectivity index (χ0v) is 9.80. The maximum Gasteiger partial charge on any atom is 0.335 e. The van der Waals surface area contributed by atoms with Crippen molar-refractivity contribution >= 4 is 23.4 Å². The molecule has 1 aliphatic heterocycles. The molecule has 1 aliphatic rings. The van der Waals surface area contributed by atoms with E-state index in [0.717, 1.165) is 18.5 Å². The minimum absolute atomic E-state index is 0.343. The molecule has 1 heterocycles. The van der Waals surface area contributed by atoms with Gasteiger partial charge < -0.3 is 10.4 Å². The first kappa shape index (κ1) is 11.3. The Morgan fingerprint density at radius 2 is 2.12 bits per heavy atom. The van der Waals surface area contributed by atoms with Gasteiger partial charge in [-0.25, -0.2) is 4.79 Å². The zero-order chi connectivity index (χ0) is 11.4. The molecule has 1 aromatic carbocycles. The lowest BCUT2D eigenvalue weighted by molar-refractivity contribution is 0.0697. The Hall–Kier alpha value is -1.16. The van der Waals surface area contributed by atoms with Crippen LogP contribution in [0.4, 0.5) is 5.69 Å². The van der Waals surface area contributed by atoms with Gasteiger partial charge in [-0.05, 0) is 42.5 Å². The smallest absolute Gasteiger partial charge is 0.335 e. The fourth-order valence-corrected chi connectivity index (χ4v) is 2.93. The molecule has 4 heteroatoms. The average molecular weight is 237 g/mol. The molecule has 2 rings (SSSR count). The first-order valence-corrected chi connectivity index (χ1v) is 6.59. The predicted molar refractivity (Wildman–Crippen MR) is 67.4 cm³/mol. The van der Waals surface area contributed by atoms with Gasteiger partial charge in [0.25, 0.3) is 0 Å². The van der Waals surface area contributed by atoms with Gasteiger partial charge in [0.15, 0.2) is 0 Å². The first-order valence-electron chi connectivity index (χ1n) is 5.43. The van der Waals surface area contributed by atoms with Gasteiger partial charge in [0.1, 0.15) is 0 Å². The lowest BCUT2D eigenvalue weighted by atomic mass is 10.1. The van der Waals surface area contributed by atoms with Crippen LogP contribution in [0.25, 0.3) is 0 Å². The normalized spacial score (nSPS) is 17.0. The van der Waals surface area contributed by atoms with Gasteiger partial charge in [0, 0.05) is 11.7 Å². The van der Waals surface area contributed by atoms with Crippen LogP contribution in [-0.2, 0) is 0 Å². The molecule has 2 N–H and O–H groups in total. The molecule has 0 aliphatic carbocycles. The minimum atomic E-state index is -0.872. The minimum Gasteiger partial charge on any atom is -0.478 e. The molecule has 0 amide bonds. The predicted octanol–water partition coefficient (Wildman–Crippen LogP) is 2.69. The number of carboxylic acids is 1. The van der Waals surface area contributed by atoms with Crippen molar-refractivity contribution in [2.45, 2.75) is 18.9 Å². The number of anilines is 1. The maximum atomic E-state index is 10.8. The highest BCUT2D eigenvalue weighted by Gasteiger charge is 2.13. The van der Waals surface area contributed by atoms with Gasteiger partial charge in [-0.1, -0.05) is 6.07 Å².